The first-order valence-corrected chi connectivity index (χ1v) is 5.32. The Hall–Kier alpha value is -0.340. The fraction of sp³-hybridized carbons (Fsp3) is 0.818. The normalized spacial score (nSPS) is 28.8. The van der Waals surface area contributed by atoms with E-state index in [1.807, 2.05) is 0 Å². The van der Waals surface area contributed by atoms with Gasteiger partial charge >= 0.3 is 0 Å². The fourth-order valence-corrected chi connectivity index (χ4v) is 1.85. The van der Waals surface area contributed by atoms with Crippen molar-refractivity contribution in [1.29, 1.82) is 0 Å². The first kappa shape index (κ1) is 10.7. The number of rotatable bonds is 5. The number of hydrogen-bond donors (Lipinski definition) is 1. The molecule has 0 radical (unpaired) electrons. The zero-order valence-corrected chi connectivity index (χ0v) is 8.75. The molecule has 1 rings (SSSR count). The molecule has 0 saturated carbocycles. The maximum absolute atomic E-state index is 5.61. The first-order chi connectivity index (χ1) is 6.38. The summed E-state index contributed by atoms with van der Waals surface area (Å²) >= 11 is 0. The van der Waals surface area contributed by atoms with Gasteiger partial charge in [0.2, 0.25) is 0 Å². The predicted octanol–water partition coefficient (Wildman–Crippen LogP) is 1.97. The van der Waals surface area contributed by atoms with Crippen molar-refractivity contribution in [3.8, 4) is 0 Å². The summed E-state index contributed by atoms with van der Waals surface area (Å²) in [6.07, 6.45) is 7.10. The molecule has 76 valence electrons. The minimum Gasteiger partial charge on any atom is -0.378 e. The average Bonchev–Trinajstić information content (AvgIpc) is 2.60. The molecular weight excluding hydrogens is 162 g/mol. The molecule has 2 atom stereocenters. The molecule has 0 aliphatic carbocycles. The summed E-state index contributed by atoms with van der Waals surface area (Å²) in [5.74, 6) is 0.732. The van der Waals surface area contributed by atoms with Crippen molar-refractivity contribution < 1.29 is 4.74 Å². The van der Waals surface area contributed by atoms with Gasteiger partial charge in [-0.2, -0.15) is 0 Å². The predicted molar refractivity (Wildman–Crippen MR) is 55.8 cm³/mol. The monoisotopic (exact) mass is 183 g/mol. The van der Waals surface area contributed by atoms with Crippen LogP contribution in [-0.4, -0.2) is 25.8 Å². The van der Waals surface area contributed by atoms with Gasteiger partial charge in [-0.05, 0) is 25.7 Å². The lowest BCUT2D eigenvalue weighted by Crippen LogP contribution is -2.28. The van der Waals surface area contributed by atoms with Crippen molar-refractivity contribution in [2.24, 2.45) is 5.92 Å². The summed E-state index contributed by atoms with van der Waals surface area (Å²) in [6.45, 7) is 7.30. The second kappa shape index (κ2) is 6.17. The van der Waals surface area contributed by atoms with Crippen LogP contribution in [-0.2, 0) is 4.74 Å². The summed E-state index contributed by atoms with van der Waals surface area (Å²) in [6, 6.07) is 0. The number of hydrogen-bond acceptors (Lipinski definition) is 2. The Morgan fingerprint density at radius 2 is 2.38 bits per heavy atom. The molecule has 1 N–H and O–H groups in total. The Labute approximate surface area is 81.4 Å². The second-order valence-corrected chi connectivity index (χ2v) is 3.59. The molecule has 0 bridgehead atoms. The smallest absolute Gasteiger partial charge is 0.0613 e. The van der Waals surface area contributed by atoms with Gasteiger partial charge in [0.25, 0.3) is 0 Å². The van der Waals surface area contributed by atoms with Gasteiger partial charge in [0.15, 0.2) is 0 Å². The van der Waals surface area contributed by atoms with Crippen molar-refractivity contribution in [1.82, 2.24) is 5.32 Å². The highest BCUT2D eigenvalue weighted by Gasteiger charge is 2.25. The lowest BCUT2D eigenvalue weighted by Gasteiger charge is -2.16. The van der Waals surface area contributed by atoms with E-state index in [4.69, 9.17) is 4.74 Å². The van der Waals surface area contributed by atoms with E-state index in [1.165, 1.54) is 6.42 Å². The summed E-state index contributed by atoms with van der Waals surface area (Å²) in [4.78, 5) is 0. The highest BCUT2D eigenvalue weighted by molar-refractivity contribution is 4.82. The zero-order chi connectivity index (χ0) is 9.52. The van der Waals surface area contributed by atoms with Gasteiger partial charge in [-0.25, -0.2) is 0 Å². The van der Waals surface area contributed by atoms with Crippen molar-refractivity contribution in [3.63, 3.8) is 0 Å². The Morgan fingerprint density at radius 3 is 3.08 bits per heavy atom. The molecule has 0 spiro atoms. The van der Waals surface area contributed by atoms with E-state index in [0.717, 1.165) is 32.0 Å². The van der Waals surface area contributed by atoms with Gasteiger partial charge < -0.3 is 10.1 Å². The number of allylic oxidation sites excluding steroid dienone is 1. The van der Waals surface area contributed by atoms with E-state index >= 15 is 0 Å². The third-order valence-corrected chi connectivity index (χ3v) is 2.65. The number of nitrogens with one attached hydrogen (secondary N) is 1. The number of ether oxygens (including phenoxy) is 1. The van der Waals surface area contributed by atoms with E-state index in [9.17, 15) is 0 Å². The summed E-state index contributed by atoms with van der Waals surface area (Å²) < 4.78 is 5.61. The maximum atomic E-state index is 5.61. The molecule has 13 heavy (non-hydrogen) atoms. The summed E-state index contributed by atoms with van der Waals surface area (Å²) in [5, 5.41) is 3.43. The van der Waals surface area contributed by atoms with Crippen LogP contribution in [0.4, 0.5) is 0 Å². The third kappa shape index (κ3) is 3.49. The van der Waals surface area contributed by atoms with Crippen LogP contribution in [0.3, 0.4) is 0 Å². The SMILES string of the molecule is C/C=C/CNCC1CCOC1CC. The zero-order valence-electron chi connectivity index (χ0n) is 8.75. The van der Waals surface area contributed by atoms with E-state index in [-0.39, 0.29) is 0 Å². The lowest BCUT2D eigenvalue weighted by molar-refractivity contribution is 0.0875. The van der Waals surface area contributed by atoms with Gasteiger partial charge in [-0.3, -0.25) is 0 Å². The quantitative estimate of drug-likeness (QED) is 0.520. The van der Waals surface area contributed by atoms with Gasteiger partial charge in [0.1, 0.15) is 0 Å². The summed E-state index contributed by atoms with van der Waals surface area (Å²) in [7, 11) is 0. The van der Waals surface area contributed by atoms with Crippen LogP contribution in [0.1, 0.15) is 26.7 Å². The van der Waals surface area contributed by atoms with Crippen LogP contribution >= 0.6 is 0 Å². The molecule has 0 aromatic carbocycles. The Kier molecular flexibility index (Phi) is 5.09. The highest BCUT2D eigenvalue weighted by Crippen LogP contribution is 2.22. The topological polar surface area (TPSA) is 21.3 Å². The van der Waals surface area contributed by atoms with Crippen LogP contribution in [0.2, 0.25) is 0 Å². The van der Waals surface area contributed by atoms with Crippen LogP contribution in [0, 0.1) is 5.92 Å². The average molecular weight is 183 g/mol. The standard InChI is InChI=1S/C11H21NO/c1-3-5-7-12-9-10-6-8-13-11(10)4-2/h3,5,10-12H,4,6-9H2,1-2H3/b5-3+. The van der Waals surface area contributed by atoms with Crippen LogP contribution in [0.25, 0.3) is 0 Å². The molecule has 1 heterocycles. The van der Waals surface area contributed by atoms with E-state index < -0.39 is 0 Å². The minimum absolute atomic E-state index is 0.498. The van der Waals surface area contributed by atoms with Crippen molar-refractivity contribution in [2.45, 2.75) is 32.8 Å². The molecule has 1 aliphatic heterocycles. The highest BCUT2D eigenvalue weighted by atomic mass is 16.5. The van der Waals surface area contributed by atoms with Gasteiger partial charge in [-0.1, -0.05) is 19.1 Å². The van der Waals surface area contributed by atoms with Crippen molar-refractivity contribution in [3.05, 3.63) is 12.2 Å². The van der Waals surface area contributed by atoms with Gasteiger partial charge in [0.05, 0.1) is 6.10 Å². The molecule has 2 nitrogen and oxygen atoms in total. The van der Waals surface area contributed by atoms with Gasteiger partial charge in [0, 0.05) is 19.7 Å². The first-order valence-electron chi connectivity index (χ1n) is 5.32. The fourth-order valence-electron chi connectivity index (χ4n) is 1.85. The molecular formula is C11H21NO. The Balaban J connectivity index is 2.12. The molecule has 1 aliphatic rings. The van der Waals surface area contributed by atoms with Crippen molar-refractivity contribution in [2.75, 3.05) is 19.7 Å². The molecule has 2 heteroatoms. The maximum Gasteiger partial charge on any atom is 0.0613 e. The van der Waals surface area contributed by atoms with Gasteiger partial charge in [-0.15, -0.1) is 0 Å². The van der Waals surface area contributed by atoms with Crippen LogP contribution in [0.5, 0.6) is 0 Å². The Morgan fingerprint density at radius 1 is 1.54 bits per heavy atom. The van der Waals surface area contributed by atoms with Crippen LogP contribution in [0.15, 0.2) is 12.2 Å². The minimum atomic E-state index is 0.498. The van der Waals surface area contributed by atoms with E-state index in [0.29, 0.717) is 6.10 Å². The third-order valence-electron chi connectivity index (χ3n) is 2.65. The molecule has 0 aromatic heterocycles. The second-order valence-electron chi connectivity index (χ2n) is 3.59. The molecule has 2 unspecified atom stereocenters. The Bertz CT molecular complexity index is 156. The molecule has 0 amide bonds. The van der Waals surface area contributed by atoms with Crippen LogP contribution < -0.4 is 5.32 Å². The largest absolute Gasteiger partial charge is 0.378 e. The summed E-state index contributed by atoms with van der Waals surface area (Å²) in [5.41, 5.74) is 0. The lowest BCUT2D eigenvalue weighted by atomic mass is 10.00. The molecule has 1 fully saturated rings. The molecule has 1 saturated heterocycles. The van der Waals surface area contributed by atoms with E-state index in [2.05, 4.69) is 31.3 Å². The van der Waals surface area contributed by atoms with E-state index in [1.54, 1.807) is 0 Å². The van der Waals surface area contributed by atoms with Crippen molar-refractivity contribution >= 4 is 0 Å². The molecule has 0 aromatic rings.